The molecule has 4 rings (SSSR count). The van der Waals surface area contributed by atoms with Crippen molar-refractivity contribution in [2.75, 3.05) is 44.9 Å². The lowest BCUT2D eigenvalue weighted by molar-refractivity contribution is -0.119. The standard InChI is InChI=1S/C28H31Cl2N3O6S/c1-37-27-6-3-2-5-20(27)19-38-13-4-14-39-23-9-7-21(8-10-23)33-22(16-31-18-28(33)34)17-32-40(35,36)24-11-12-25(29)26(30)15-24/h2-3,5-12,15,22,31-32H,4,13-14,16-19H2,1H3/t22-/m1/s1. The number of amides is 1. The number of carbonyl (C=O) groups excluding carboxylic acids is 1. The molecular formula is C28H31Cl2N3O6S. The first-order valence-electron chi connectivity index (χ1n) is 12.7. The number of hydrogen-bond donors (Lipinski definition) is 2. The number of piperazine rings is 1. The third-order valence-electron chi connectivity index (χ3n) is 6.27. The van der Waals surface area contributed by atoms with Gasteiger partial charge in [-0.15, -0.1) is 0 Å². The van der Waals surface area contributed by atoms with Gasteiger partial charge in [0.2, 0.25) is 15.9 Å². The van der Waals surface area contributed by atoms with Crippen molar-refractivity contribution >= 4 is 44.8 Å². The minimum Gasteiger partial charge on any atom is -0.496 e. The molecule has 1 atom stereocenters. The third-order valence-corrected chi connectivity index (χ3v) is 8.43. The SMILES string of the molecule is COc1ccccc1COCCCOc1ccc(N2C(=O)CNC[C@@H]2CNS(=O)(=O)c2ccc(Cl)c(Cl)c2)cc1. The fourth-order valence-corrected chi connectivity index (χ4v) is 5.70. The van der Waals surface area contributed by atoms with E-state index in [9.17, 15) is 13.2 Å². The van der Waals surface area contributed by atoms with Crippen molar-refractivity contribution in [2.45, 2.75) is 24.0 Å². The van der Waals surface area contributed by atoms with Gasteiger partial charge in [0.25, 0.3) is 0 Å². The van der Waals surface area contributed by atoms with Crippen LogP contribution in [0.4, 0.5) is 5.69 Å². The monoisotopic (exact) mass is 607 g/mol. The van der Waals surface area contributed by atoms with Crippen molar-refractivity contribution in [3.05, 3.63) is 82.3 Å². The zero-order chi connectivity index (χ0) is 28.5. The summed E-state index contributed by atoms with van der Waals surface area (Å²) in [6.07, 6.45) is 0.703. The van der Waals surface area contributed by atoms with E-state index in [0.29, 0.717) is 44.2 Å². The molecule has 12 heteroatoms. The molecule has 1 heterocycles. The maximum Gasteiger partial charge on any atom is 0.241 e. The minimum absolute atomic E-state index is 0.00441. The quantitative estimate of drug-likeness (QED) is 0.279. The Morgan fingerprint density at radius 3 is 2.55 bits per heavy atom. The Hall–Kier alpha value is -2.86. The predicted molar refractivity (Wildman–Crippen MR) is 155 cm³/mol. The number of sulfonamides is 1. The molecule has 1 aliphatic rings. The molecule has 40 heavy (non-hydrogen) atoms. The number of para-hydroxylation sites is 1. The van der Waals surface area contributed by atoms with E-state index in [1.54, 1.807) is 36.3 Å². The number of benzene rings is 3. The Morgan fingerprint density at radius 1 is 1.02 bits per heavy atom. The van der Waals surface area contributed by atoms with Crippen molar-refractivity contribution < 1.29 is 27.4 Å². The number of carbonyl (C=O) groups is 1. The first-order valence-corrected chi connectivity index (χ1v) is 14.9. The van der Waals surface area contributed by atoms with E-state index in [1.807, 2.05) is 24.3 Å². The van der Waals surface area contributed by atoms with E-state index in [2.05, 4.69) is 10.0 Å². The molecule has 0 unspecified atom stereocenters. The molecule has 3 aromatic carbocycles. The Bertz CT molecular complexity index is 1410. The molecular weight excluding hydrogens is 577 g/mol. The zero-order valence-corrected chi connectivity index (χ0v) is 24.3. The fraction of sp³-hybridized carbons (Fsp3) is 0.321. The van der Waals surface area contributed by atoms with Gasteiger partial charge in [-0.05, 0) is 48.5 Å². The average Bonchev–Trinajstić information content (AvgIpc) is 2.96. The summed E-state index contributed by atoms with van der Waals surface area (Å²) in [4.78, 5) is 14.4. The van der Waals surface area contributed by atoms with E-state index in [-0.39, 0.29) is 33.9 Å². The molecule has 2 N–H and O–H groups in total. The fourth-order valence-electron chi connectivity index (χ4n) is 4.24. The number of rotatable bonds is 13. The highest BCUT2D eigenvalue weighted by Crippen LogP contribution is 2.26. The number of halogens is 2. The van der Waals surface area contributed by atoms with Crippen LogP contribution < -0.4 is 24.4 Å². The number of anilines is 1. The molecule has 0 aromatic heterocycles. The average molecular weight is 609 g/mol. The van der Waals surface area contributed by atoms with Gasteiger partial charge in [-0.25, -0.2) is 13.1 Å². The highest BCUT2D eigenvalue weighted by Gasteiger charge is 2.30. The summed E-state index contributed by atoms with van der Waals surface area (Å²) in [7, 11) is -2.22. The molecule has 0 spiro atoms. The van der Waals surface area contributed by atoms with E-state index in [0.717, 1.165) is 11.3 Å². The van der Waals surface area contributed by atoms with Crippen LogP contribution in [0.1, 0.15) is 12.0 Å². The lowest BCUT2D eigenvalue weighted by atomic mass is 10.1. The van der Waals surface area contributed by atoms with Crippen molar-refractivity contribution in [3.8, 4) is 11.5 Å². The molecule has 1 fully saturated rings. The third kappa shape index (κ3) is 7.87. The highest BCUT2D eigenvalue weighted by atomic mass is 35.5. The van der Waals surface area contributed by atoms with E-state index >= 15 is 0 Å². The molecule has 0 bridgehead atoms. The molecule has 1 saturated heterocycles. The molecule has 0 radical (unpaired) electrons. The lowest BCUT2D eigenvalue weighted by Gasteiger charge is -2.36. The van der Waals surface area contributed by atoms with Gasteiger partial charge in [0.05, 0.1) is 54.5 Å². The largest absolute Gasteiger partial charge is 0.496 e. The smallest absolute Gasteiger partial charge is 0.241 e. The molecule has 0 aliphatic carbocycles. The van der Waals surface area contributed by atoms with E-state index in [1.165, 1.54) is 18.2 Å². The van der Waals surface area contributed by atoms with Gasteiger partial charge >= 0.3 is 0 Å². The van der Waals surface area contributed by atoms with Gasteiger partial charge in [0.15, 0.2) is 0 Å². The number of nitrogens with one attached hydrogen (secondary N) is 2. The van der Waals surface area contributed by atoms with Crippen LogP contribution in [0.25, 0.3) is 0 Å². The summed E-state index contributed by atoms with van der Waals surface area (Å²) < 4.78 is 45.1. The number of hydrogen-bond acceptors (Lipinski definition) is 7. The first kappa shape index (κ1) is 30.1. The van der Waals surface area contributed by atoms with Gasteiger partial charge in [-0.3, -0.25) is 4.79 Å². The topological polar surface area (TPSA) is 106 Å². The van der Waals surface area contributed by atoms with Gasteiger partial charge in [-0.1, -0.05) is 41.4 Å². The van der Waals surface area contributed by atoms with Crippen molar-refractivity contribution in [2.24, 2.45) is 0 Å². The summed E-state index contributed by atoms with van der Waals surface area (Å²) in [5, 5.41) is 3.45. The second kappa shape index (κ2) is 14.2. The number of ether oxygens (including phenoxy) is 3. The van der Waals surface area contributed by atoms with Crippen molar-refractivity contribution in [3.63, 3.8) is 0 Å². The van der Waals surface area contributed by atoms with Crippen LogP contribution in [0.5, 0.6) is 11.5 Å². The highest BCUT2D eigenvalue weighted by molar-refractivity contribution is 7.89. The summed E-state index contributed by atoms with van der Waals surface area (Å²) in [5.74, 6) is 1.30. The van der Waals surface area contributed by atoms with E-state index < -0.39 is 16.1 Å². The predicted octanol–water partition coefficient (Wildman–Crippen LogP) is 4.27. The Labute approximate surface area is 244 Å². The molecule has 1 aliphatic heterocycles. The minimum atomic E-state index is -3.86. The van der Waals surface area contributed by atoms with Crippen LogP contribution in [0.3, 0.4) is 0 Å². The van der Waals surface area contributed by atoms with Crippen LogP contribution >= 0.6 is 23.2 Å². The molecule has 3 aromatic rings. The summed E-state index contributed by atoms with van der Waals surface area (Å²) in [6, 6.07) is 18.5. The molecule has 214 valence electrons. The summed E-state index contributed by atoms with van der Waals surface area (Å²) in [6.45, 7) is 2.05. The number of nitrogens with zero attached hydrogens (tertiary/aromatic N) is 1. The van der Waals surface area contributed by atoms with Crippen LogP contribution in [0.2, 0.25) is 10.0 Å². The van der Waals surface area contributed by atoms with Gasteiger partial charge in [-0.2, -0.15) is 0 Å². The van der Waals surface area contributed by atoms with Crippen LogP contribution in [0.15, 0.2) is 71.6 Å². The number of methoxy groups -OCH3 is 1. The maximum absolute atomic E-state index is 12.8. The van der Waals surface area contributed by atoms with Crippen LogP contribution in [-0.2, 0) is 26.2 Å². The van der Waals surface area contributed by atoms with Gasteiger partial charge in [0.1, 0.15) is 11.5 Å². The second-order valence-corrected chi connectivity index (χ2v) is 11.6. The molecule has 0 saturated carbocycles. The lowest BCUT2D eigenvalue weighted by Crippen LogP contribution is -2.58. The zero-order valence-electron chi connectivity index (χ0n) is 21.9. The normalized spacial score (nSPS) is 15.7. The Balaban J connectivity index is 1.28. The maximum atomic E-state index is 12.8. The van der Waals surface area contributed by atoms with Gasteiger partial charge < -0.3 is 24.4 Å². The molecule has 9 nitrogen and oxygen atoms in total. The Kier molecular flexibility index (Phi) is 10.7. The van der Waals surface area contributed by atoms with Crippen molar-refractivity contribution in [1.82, 2.24) is 10.0 Å². The molecule has 1 amide bonds. The van der Waals surface area contributed by atoms with Gasteiger partial charge in [0, 0.05) is 30.8 Å². The van der Waals surface area contributed by atoms with E-state index in [4.69, 9.17) is 37.4 Å². The van der Waals surface area contributed by atoms with Crippen LogP contribution in [-0.4, -0.2) is 60.3 Å². The van der Waals surface area contributed by atoms with Crippen molar-refractivity contribution in [1.29, 1.82) is 0 Å². The summed E-state index contributed by atoms with van der Waals surface area (Å²) >= 11 is 11.9. The first-order chi connectivity index (χ1) is 19.3. The second-order valence-electron chi connectivity index (χ2n) is 9.04. The summed E-state index contributed by atoms with van der Waals surface area (Å²) in [5.41, 5.74) is 1.64. The van der Waals surface area contributed by atoms with Crippen LogP contribution in [0, 0.1) is 0 Å². The Morgan fingerprint density at radius 2 is 1.80 bits per heavy atom.